The third-order valence-corrected chi connectivity index (χ3v) is 6.76. The van der Waals surface area contributed by atoms with Gasteiger partial charge in [-0.3, -0.25) is 4.72 Å². The van der Waals surface area contributed by atoms with Crippen LogP contribution in [0.5, 0.6) is 0 Å². The van der Waals surface area contributed by atoms with Crippen LogP contribution in [0.25, 0.3) is 10.9 Å². The van der Waals surface area contributed by atoms with E-state index in [1.165, 1.54) is 12.1 Å². The number of nitrogens with zero attached hydrogens (tertiary/aromatic N) is 3. The normalized spacial score (nSPS) is 11.7. The lowest BCUT2D eigenvalue weighted by molar-refractivity contribution is -0.645. The molecular formula is C25H26N5O2S+. The van der Waals surface area contributed by atoms with Gasteiger partial charge in [-0.15, -0.1) is 0 Å². The van der Waals surface area contributed by atoms with E-state index < -0.39 is 10.0 Å². The van der Waals surface area contributed by atoms with Gasteiger partial charge in [0.2, 0.25) is 11.2 Å². The third-order valence-electron chi connectivity index (χ3n) is 5.36. The second-order valence-corrected chi connectivity index (χ2v) is 9.62. The molecule has 0 bridgehead atoms. The molecule has 0 spiro atoms. The van der Waals surface area contributed by atoms with Crippen molar-refractivity contribution in [2.24, 2.45) is 12.0 Å². The van der Waals surface area contributed by atoms with Gasteiger partial charge in [-0.05, 0) is 66.7 Å². The number of nitrogen functional groups attached to an aromatic ring is 1. The Morgan fingerprint density at radius 1 is 0.939 bits per heavy atom. The lowest BCUT2D eigenvalue weighted by Gasteiger charge is -2.11. The molecule has 4 aromatic rings. The molecule has 3 aromatic carbocycles. The number of fused-ring (bicyclic) bond motifs is 1. The quantitative estimate of drug-likeness (QED) is 0.260. The highest BCUT2D eigenvalue weighted by atomic mass is 32.2. The average molecular weight is 461 g/mol. The van der Waals surface area contributed by atoms with Gasteiger partial charge in [-0.1, -0.05) is 0 Å². The summed E-state index contributed by atoms with van der Waals surface area (Å²) in [5, 5.41) is 0.905. The number of pyridine rings is 1. The first-order chi connectivity index (χ1) is 15.7. The second kappa shape index (κ2) is 8.91. The molecule has 0 fully saturated rings. The van der Waals surface area contributed by atoms with Crippen LogP contribution in [-0.4, -0.2) is 28.7 Å². The summed E-state index contributed by atoms with van der Waals surface area (Å²) in [6, 6.07) is 23.5. The van der Waals surface area contributed by atoms with Crippen molar-refractivity contribution in [1.29, 1.82) is 0 Å². The van der Waals surface area contributed by atoms with Crippen molar-refractivity contribution in [3.63, 3.8) is 0 Å². The first-order valence-electron chi connectivity index (χ1n) is 10.4. The van der Waals surface area contributed by atoms with E-state index in [-0.39, 0.29) is 4.90 Å². The Kier molecular flexibility index (Phi) is 6.02. The number of sulfonamides is 1. The number of anilines is 3. The summed E-state index contributed by atoms with van der Waals surface area (Å²) in [6.45, 7) is 0. The highest BCUT2D eigenvalue weighted by Crippen LogP contribution is 2.22. The molecule has 0 saturated carbocycles. The van der Waals surface area contributed by atoms with Crippen LogP contribution >= 0.6 is 0 Å². The predicted octanol–water partition coefficient (Wildman–Crippen LogP) is 3.86. The van der Waals surface area contributed by atoms with Crippen LogP contribution in [0.2, 0.25) is 0 Å². The van der Waals surface area contributed by atoms with Crippen molar-refractivity contribution >= 4 is 49.9 Å². The van der Waals surface area contributed by atoms with Gasteiger partial charge in [-0.2, -0.15) is 4.57 Å². The molecule has 8 heteroatoms. The molecular weight excluding hydrogens is 434 g/mol. The van der Waals surface area contributed by atoms with E-state index in [2.05, 4.69) is 9.71 Å². The lowest BCUT2D eigenvalue weighted by Crippen LogP contribution is -2.34. The summed E-state index contributed by atoms with van der Waals surface area (Å²) < 4.78 is 30.0. The van der Waals surface area contributed by atoms with Gasteiger partial charge in [0.25, 0.3) is 10.0 Å². The van der Waals surface area contributed by atoms with Crippen LogP contribution < -0.4 is 19.9 Å². The molecule has 0 unspecified atom stereocenters. The number of hydrogen-bond acceptors (Lipinski definition) is 5. The van der Waals surface area contributed by atoms with Gasteiger partial charge in [-0.25, -0.2) is 13.4 Å². The van der Waals surface area contributed by atoms with E-state index in [9.17, 15) is 8.42 Å². The maximum Gasteiger partial charge on any atom is 0.261 e. The number of aryl methyl sites for hydroxylation is 1. The summed E-state index contributed by atoms with van der Waals surface area (Å²) in [7, 11) is 2.26. The molecule has 0 amide bonds. The van der Waals surface area contributed by atoms with Crippen molar-refractivity contribution in [1.82, 2.24) is 0 Å². The van der Waals surface area contributed by atoms with E-state index in [1.54, 1.807) is 18.2 Å². The number of hydrogen-bond donors (Lipinski definition) is 2. The molecule has 1 heterocycles. The topological polar surface area (TPSA) is 91.7 Å². The molecule has 0 aliphatic heterocycles. The molecule has 3 N–H and O–H groups in total. The SMILES string of the molecule is CN(C)c1ccc(N=Cc2ccc3cc(NS(=O)(=O)c4ccc(N)cc4)ccc3[n+]2C)cc1. The number of nitrogens with two attached hydrogens (primary N) is 1. The lowest BCUT2D eigenvalue weighted by atomic mass is 10.1. The molecule has 4 rings (SSSR count). The van der Waals surface area contributed by atoms with Gasteiger partial charge < -0.3 is 10.6 Å². The zero-order valence-corrected chi connectivity index (χ0v) is 19.5. The second-order valence-electron chi connectivity index (χ2n) is 7.93. The Balaban J connectivity index is 1.57. The minimum absolute atomic E-state index is 0.160. The fraction of sp³-hybridized carbons (Fsp3) is 0.120. The number of benzene rings is 3. The zero-order valence-electron chi connectivity index (χ0n) is 18.7. The van der Waals surface area contributed by atoms with Gasteiger partial charge in [0.15, 0.2) is 0 Å². The smallest absolute Gasteiger partial charge is 0.261 e. The molecule has 0 aliphatic carbocycles. The maximum absolute atomic E-state index is 12.7. The Labute approximate surface area is 193 Å². The van der Waals surface area contributed by atoms with Gasteiger partial charge in [0.1, 0.15) is 7.05 Å². The van der Waals surface area contributed by atoms with E-state index in [4.69, 9.17) is 5.73 Å². The molecule has 33 heavy (non-hydrogen) atoms. The molecule has 7 nitrogen and oxygen atoms in total. The number of aliphatic imine (C=N–C) groups is 1. The standard InChI is InChI=1S/C25H26N5O2S/c1-29(2)22-11-7-20(8-12-22)27-17-23-10-4-18-16-21(9-15-25(18)30(23)3)28-33(31,32)24-13-5-19(26)6-14-24/h4-17,28H,26H2,1-3H3/q+1. The molecule has 0 aliphatic rings. The molecule has 0 radical (unpaired) electrons. The zero-order chi connectivity index (χ0) is 23.6. The largest absolute Gasteiger partial charge is 0.399 e. The maximum atomic E-state index is 12.7. The van der Waals surface area contributed by atoms with Gasteiger partial charge >= 0.3 is 0 Å². The van der Waals surface area contributed by atoms with Crippen molar-refractivity contribution in [3.05, 3.63) is 84.6 Å². The highest BCUT2D eigenvalue weighted by molar-refractivity contribution is 7.92. The first kappa shape index (κ1) is 22.3. The Morgan fingerprint density at radius 3 is 2.30 bits per heavy atom. The molecule has 168 valence electrons. The predicted molar refractivity (Wildman–Crippen MR) is 135 cm³/mol. The molecule has 1 aromatic heterocycles. The Hall–Kier alpha value is -3.91. The minimum Gasteiger partial charge on any atom is -0.399 e. The summed E-state index contributed by atoms with van der Waals surface area (Å²) in [5.74, 6) is 0. The summed E-state index contributed by atoms with van der Waals surface area (Å²) >= 11 is 0. The Bertz CT molecular complexity index is 1430. The van der Waals surface area contributed by atoms with E-state index >= 15 is 0 Å². The van der Waals surface area contributed by atoms with Crippen LogP contribution in [0.1, 0.15) is 5.69 Å². The van der Waals surface area contributed by atoms with E-state index in [0.717, 1.165) is 28.0 Å². The van der Waals surface area contributed by atoms with E-state index in [1.807, 2.05) is 85.4 Å². The van der Waals surface area contributed by atoms with Gasteiger partial charge in [0.05, 0.1) is 16.8 Å². The highest BCUT2D eigenvalue weighted by Gasteiger charge is 2.16. The number of rotatable bonds is 6. The first-order valence-corrected chi connectivity index (χ1v) is 11.8. The molecule has 0 saturated heterocycles. The fourth-order valence-corrected chi connectivity index (χ4v) is 4.50. The van der Waals surface area contributed by atoms with Crippen LogP contribution in [-0.2, 0) is 17.1 Å². The van der Waals surface area contributed by atoms with Crippen molar-refractivity contribution < 1.29 is 13.0 Å². The summed E-state index contributed by atoms with van der Waals surface area (Å²) in [5.41, 5.74) is 10.5. The van der Waals surface area contributed by atoms with Crippen molar-refractivity contribution in [3.8, 4) is 0 Å². The number of nitrogens with one attached hydrogen (secondary N) is 1. The van der Waals surface area contributed by atoms with Gasteiger partial charge in [0, 0.05) is 48.7 Å². The number of aromatic nitrogens is 1. The Morgan fingerprint density at radius 2 is 1.64 bits per heavy atom. The fourth-order valence-electron chi connectivity index (χ4n) is 3.45. The van der Waals surface area contributed by atoms with Crippen LogP contribution in [0.15, 0.2) is 88.8 Å². The van der Waals surface area contributed by atoms with Crippen LogP contribution in [0, 0.1) is 0 Å². The minimum atomic E-state index is -3.70. The third kappa shape index (κ3) is 4.96. The molecule has 0 atom stereocenters. The van der Waals surface area contributed by atoms with Crippen molar-refractivity contribution in [2.75, 3.05) is 29.5 Å². The van der Waals surface area contributed by atoms with Crippen LogP contribution in [0.4, 0.5) is 22.7 Å². The average Bonchev–Trinajstić information content (AvgIpc) is 2.79. The summed E-state index contributed by atoms with van der Waals surface area (Å²) in [4.78, 5) is 6.79. The van der Waals surface area contributed by atoms with E-state index in [0.29, 0.717) is 11.4 Å². The van der Waals surface area contributed by atoms with Crippen LogP contribution in [0.3, 0.4) is 0 Å². The monoisotopic (exact) mass is 460 g/mol. The summed E-state index contributed by atoms with van der Waals surface area (Å²) in [6.07, 6.45) is 1.82. The van der Waals surface area contributed by atoms with Crippen molar-refractivity contribution in [2.45, 2.75) is 4.90 Å².